The van der Waals surface area contributed by atoms with E-state index in [1.807, 2.05) is 37.3 Å². The molecule has 152 valence electrons. The van der Waals surface area contributed by atoms with Gasteiger partial charge in [0.15, 0.2) is 16.7 Å². The molecule has 0 saturated heterocycles. The third kappa shape index (κ3) is 5.55. The zero-order chi connectivity index (χ0) is 19.3. The molecule has 0 unspecified atom stereocenters. The van der Waals surface area contributed by atoms with Gasteiger partial charge in [-0.15, -0.1) is 46.7 Å². The number of furan rings is 1. The van der Waals surface area contributed by atoms with Crippen molar-refractivity contribution < 1.29 is 4.42 Å². The number of hydrogen-bond acceptors (Lipinski definition) is 6. The summed E-state index contributed by atoms with van der Waals surface area (Å²) in [7, 11) is 1.76. The van der Waals surface area contributed by atoms with Crippen LogP contribution in [0.3, 0.4) is 0 Å². The molecule has 6 nitrogen and oxygen atoms in total. The van der Waals surface area contributed by atoms with Gasteiger partial charge in [0.2, 0.25) is 0 Å². The Morgan fingerprint density at radius 2 is 2.00 bits per heavy atom. The number of aryl methyl sites for hydroxylation is 1. The lowest BCUT2D eigenvalue weighted by Crippen LogP contribution is -2.37. The van der Waals surface area contributed by atoms with E-state index >= 15 is 0 Å². The topological polar surface area (TPSA) is 75.3 Å². The Morgan fingerprint density at radius 1 is 1.14 bits per heavy atom. The lowest BCUT2D eigenvalue weighted by Gasteiger charge is -2.10. The molecule has 0 bridgehead atoms. The van der Waals surface area contributed by atoms with Crippen molar-refractivity contribution in [2.75, 3.05) is 13.6 Å². The van der Waals surface area contributed by atoms with Crippen molar-refractivity contribution in [1.82, 2.24) is 20.6 Å². The van der Waals surface area contributed by atoms with Gasteiger partial charge in [-0.05, 0) is 31.2 Å². The third-order valence-corrected chi connectivity index (χ3v) is 6.03. The highest BCUT2D eigenvalue weighted by atomic mass is 127. The second-order valence-corrected chi connectivity index (χ2v) is 8.31. The van der Waals surface area contributed by atoms with Gasteiger partial charge in [-0.3, -0.25) is 4.99 Å². The Kier molecular flexibility index (Phi) is 7.62. The summed E-state index contributed by atoms with van der Waals surface area (Å²) in [4.78, 5) is 13.4. The number of para-hydroxylation sites is 1. The summed E-state index contributed by atoms with van der Waals surface area (Å²) in [5, 5.41) is 10.7. The highest BCUT2D eigenvalue weighted by Gasteiger charge is 2.10. The summed E-state index contributed by atoms with van der Waals surface area (Å²) >= 11 is 3.31. The van der Waals surface area contributed by atoms with Crippen LogP contribution in [0.25, 0.3) is 21.0 Å². The number of nitrogens with zero attached hydrogens (tertiary/aromatic N) is 3. The molecule has 0 aliphatic heterocycles. The zero-order valence-corrected chi connectivity index (χ0v) is 20.1. The number of nitrogens with one attached hydrogen (secondary N) is 2. The Balaban J connectivity index is 0.00000240. The van der Waals surface area contributed by atoms with Crippen LogP contribution in [0, 0.1) is 6.92 Å². The summed E-state index contributed by atoms with van der Waals surface area (Å²) in [6.45, 7) is 3.35. The Labute approximate surface area is 194 Å². The molecule has 0 radical (unpaired) electrons. The average Bonchev–Trinajstić information content (AvgIpc) is 3.43. The van der Waals surface area contributed by atoms with Gasteiger partial charge in [0.25, 0.3) is 0 Å². The number of fused-ring (bicyclic) bond motifs is 1. The fourth-order valence-corrected chi connectivity index (χ4v) is 4.36. The molecular formula is C20H22IN5OS2. The zero-order valence-electron chi connectivity index (χ0n) is 16.1. The van der Waals surface area contributed by atoms with Gasteiger partial charge in [0.1, 0.15) is 5.76 Å². The van der Waals surface area contributed by atoms with Crippen molar-refractivity contribution in [3.05, 3.63) is 58.2 Å². The second kappa shape index (κ2) is 10.2. The highest BCUT2D eigenvalue weighted by molar-refractivity contribution is 14.0. The monoisotopic (exact) mass is 539 g/mol. The van der Waals surface area contributed by atoms with Crippen LogP contribution in [0.2, 0.25) is 0 Å². The summed E-state index contributed by atoms with van der Waals surface area (Å²) in [5.74, 6) is 2.37. The van der Waals surface area contributed by atoms with E-state index in [1.54, 1.807) is 29.7 Å². The van der Waals surface area contributed by atoms with Crippen molar-refractivity contribution in [3.8, 4) is 10.8 Å². The molecule has 0 saturated carbocycles. The largest absolute Gasteiger partial charge is 0.457 e. The molecule has 4 aromatic rings. The predicted molar refractivity (Wildman–Crippen MR) is 131 cm³/mol. The van der Waals surface area contributed by atoms with E-state index in [-0.39, 0.29) is 24.0 Å². The number of guanidine groups is 1. The average molecular weight is 539 g/mol. The minimum Gasteiger partial charge on any atom is -0.457 e. The van der Waals surface area contributed by atoms with Crippen molar-refractivity contribution in [2.45, 2.75) is 19.9 Å². The van der Waals surface area contributed by atoms with Crippen molar-refractivity contribution in [3.63, 3.8) is 0 Å². The van der Waals surface area contributed by atoms with Crippen LogP contribution in [0.4, 0.5) is 0 Å². The number of thiazole rings is 2. The molecule has 9 heteroatoms. The van der Waals surface area contributed by atoms with E-state index in [1.165, 1.54) is 0 Å². The first-order valence-corrected chi connectivity index (χ1v) is 10.7. The molecule has 0 atom stereocenters. The molecule has 4 rings (SSSR count). The van der Waals surface area contributed by atoms with Crippen LogP contribution in [0.1, 0.15) is 16.5 Å². The molecule has 1 aromatic carbocycles. The molecule has 29 heavy (non-hydrogen) atoms. The summed E-state index contributed by atoms with van der Waals surface area (Å²) < 4.78 is 7.13. The van der Waals surface area contributed by atoms with E-state index in [2.05, 4.69) is 37.0 Å². The summed E-state index contributed by atoms with van der Waals surface area (Å²) in [6.07, 6.45) is 0.869. The smallest absolute Gasteiger partial charge is 0.191 e. The Morgan fingerprint density at radius 3 is 2.76 bits per heavy atom. The van der Waals surface area contributed by atoms with Crippen LogP contribution in [0.5, 0.6) is 0 Å². The van der Waals surface area contributed by atoms with Crippen molar-refractivity contribution >= 4 is 62.8 Å². The number of aliphatic imine (C=N–C) groups is 1. The summed E-state index contributed by atoms with van der Waals surface area (Å²) in [5.41, 5.74) is 2.11. The standard InChI is InChI=1S/C20H21N5OS2.HI/c1-13-24-14(12-27-13)9-10-22-20(21-2)23-11-15-7-8-17(26-15)19-25-16-5-3-4-6-18(16)28-19;/h3-8,12H,9-11H2,1-2H3,(H2,21,22,23);1H. The molecule has 0 spiro atoms. The van der Waals surface area contributed by atoms with Crippen molar-refractivity contribution in [1.29, 1.82) is 0 Å². The minimum atomic E-state index is 0. The maximum Gasteiger partial charge on any atom is 0.191 e. The van der Waals surface area contributed by atoms with E-state index in [0.717, 1.165) is 56.4 Å². The molecule has 2 N–H and O–H groups in total. The number of aromatic nitrogens is 2. The lowest BCUT2D eigenvalue weighted by molar-refractivity contribution is 0.513. The summed E-state index contributed by atoms with van der Waals surface area (Å²) in [6, 6.07) is 12.1. The molecule has 0 amide bonds. The molecule has 3 aromatic heterocycles. The van der Waals surface area contributed by atoms with E-state index in [4.69, 9.17) is 4.42 Å². The van der Waals surface area contributed by atoms with Crippen LogP contribution in [0.15, 0.2) is 51.2 Å². The second-order valence-electron chi connectivity index (χ2n) is 6.21. The first-order chi connectivity index (χ1) is 13.7. The Hall–Kier alpha value is -1.98. The molecular weight excluding hydrogens is 517 g/mol. The molecule has 0 aliphatic rings. The minimum absolute atomic E-state index is 0. The quantitative estimate of drug-likeness (QED) is 0.208. The SMILES string of the molecule is CN=C(NCCc1csc(C)n1)NCc1ccc(-c2nc3ccccc3s2)o1.I. The van der Waals surface area contributed by atoms with Crippen LogP contribution in [-0.2, 0) is 13.0 Å². The van der Waals surface area contributed by atoms with Crippen LogP contribution >= 0.6 is 46.7 Å². The fraction of sp³-hybridized carbons (Fsp3) is 0.250. The number of hydrogen-bond donors (Lipinski definition) is 2. The van der Waals surface area contributed by atoms with Crippen LogP contribution < -0.4 is 10.6 Å². The fourth-order valence-electron chi connectivity index (χ4n) is 2.79. The van der Waals surface area contributed by atoms with Gasteiger partial charge in [-0.2, -0.15) is 0 Å². The van der Waals surface area contributed by atoms with Crippen molar-refractivity contribution in [2.24, 2.45) is 4.99 Å². The molecule has 3 heterocycles. The van der Waals surface area contributed by atoms with Gasteiger partial charge in [-0.25, -0.2) is 9.97 Å². The number of rotatable bonds is 6. The maximum atomic E-state index is 5.96. The number of halogens is 1. The van der Waals surface area contributed by atoms with E-state index < -0.39 is 0 Å². The molecule has 0 aliphatic carbocycles. The van der Waals surface area contributed by atoms with Gasteiger partial charge in [0.05, 0.1) is 27.5 Å². The van der Waals surface area contributed by atoms with Crippen LogP contribution in [-0.4, -0.2) is 29.5 Å². The number of benzene rings is 1. The van der Waals surface area contributed by atoms with E-state index in [0.29, 0.717) is 6.54 Å². The third-order valence-electron chi connectivity index (χ3n) is 4.16. The Bertz CT molecular complexity index is 1070. The van der Waals surface area contributed by atoms with Gasteiger partial charge < -0.3 is 15.1 Å². The molecule has 0 fully saturated rings. The first-order valence-electron chi connectivity index (χ1n) is 9.01. The normalized spacial score (nSPS) is 11.4. The highest BCUT2D eigenvalue weighted by Crippen LogP contribution is 2.31. The predicted octanol–water partition coefficient (Wildman–Crippen LogP) is 4.85. The van der Waals surface area contributed by atoms with E-state index in [9.17, 15) is 0 Å². The lowest BCUT2D eigenvalue weighted by atomic mass is 10.3. The van der Waals surface area contributed by atoms with Gasteiger partial charge in [-0.1, -0.05) is 12.1 Å². The first kappa shape index (κ1) is 21.7. The van der Waals surface area contributed by atoms with Gasteiger partial charge >= 0.3 is 0 Å². The van der Waals surface area contributed by atoms with Gasteiger partial charge in [0, 0.05) is 25.4 Å². The maximum absolute atomic E-state index is 5.96.